The monoisotopic (exact) mass is 556 g/mol. The number of benzene rings is 2. The van der Waals surface area contributed by atoms with Crippen LogP contribution in [-0.4, -0.2) is 89.3 Å². The Morgan fingerprint density at radius 3 is 2.56 bits per heavy atom. The molecule has 9 nitrogen and oxygen atoms in total. The molecule has 3 aliphatic rings. The Labute approximate surface area is 238 Å². The largest absolute Gasteiger partial charge is 0.485 e. The van der Waals surface area contributed by atoms with Crippen LogP contribution in [-0.2, 0) is 24.4 Å². The zero-order valence-electron chi connectivity index (χ0n) is 23.0. The van der Waals surface area contributed by atoms with Gasteiger partial charge in [0.15, 0.2) is 5.69 Å². The summed E-state index contributed by atoms with van der Waals surface area (Å²) in [5.41, 5.74) is 5.83. The summed E-state index contributed by atoms with van der Waals surface area (Å²) in [6, 6.07) is 16.1. The molecule has 0 bridgehead atoms. The van der Waals surface area contributed by atoms with Crippen molar-refractivity contribution in [3.8, 4) is 11.4 Å². The highest BCUT2D eigenvalue weighted by molar-refractivity contribution is 5.94. The van der Waals surface area contributed by atoms with Gasteiger partial charge in [-0.15, -0.1) is 0 Å². The van der Waals surface area contributed by atoms with Crippen LogP contribution in [0.1, 0.15) is 27.4 Å². The minimum Gasteiger partial charge on any atom is -0.485 e. The van der Waals surface area contributed by atoms with Crippen LogP contribution in [0.4, 0.5) is 10.1 Å². The second-order valence-corrected chi connectivity index (χ2v) is 10.7. The summed E-state index contributed by atoms with van der Waals surface area (Å²) in [6.07, 6.45) is 2.62. The van der Waals surface area contributed by atoms with Crippen LogP contribution >= 0.6 is 0 Å². The molecule has 0 saturated carbocycles. The third-order valence-electron chi connectivity index (χ3n) is 8.37. The van der Waals surface area contributed by atoms with E-state index in [0.717, 1.165) is 78.4 Å². The summed E-state index contributed by atoms with van der Waals surface area (Å²) >= 11 is 0. The number of pyridine rings is 1. The number of amides is 1. The average molecular weight is 557 g/mol. The van der Waals surface area contributed by atoms with Gasteiger partial charge in [-0.3, -0.25) is 14.3 Å². The van der Waals surface area contributed by atoms with E-state index < -0.39 is 6.67 Å². The fourth-order valence-corrected chi connectivity index (χ4v) is 6.10. The smallest absolute Gasteiger partial charge is 0.274 e. The summed E-state index contributed by atoms with van der Waals surface area (Å²) in [5.74, 6) is 0.811. The highest BCUT2D eigenvalue weighted by atomic mass is 19.1. The molecule has 1 amide bonds. The first-order valence-electron chi connectivity index (χ1n) is 14.3. The van der Waals surface area contributed by atoms with E-state index in [1.807, 2.05) is 28.8 Å². The van der Waals surface area contributed by atoms with E-state index in [0.29, 0.717) is 44.3 Å². The van der Waals surface area contributed by atoms with Gasteiger partial charge in [-0.25, -0.2) is 14.4 Å². The minimum absolute atomic E-state index is 0.0614. The zero-order chi connectivity index (χ0) is 27.8. The van der Waals surface area contributed by atoms with Crippen LogP contribution in [0.2, 0.25) is 0 Å². The topological polar surface area (TPSA) is 76.0 Å². The van der Waals surface area contributed by atoms with Crippen molar-refractivity contribution in [2.24, 2.45) is 0 Å². The molecule has 5 heterocycles. The number of anilines is 1. The number of hydrogen-bond donors (Lipinski definition) is 0. The Morgan fingerprint density at radius 2 is 1.73 bits per heavy atom. The minimum atomic E-state index is -0.548. The maximum Gasteiger partial charge on any atom is 0.274 e. The molecule has 0 aliphatic carbocycles. The number of carbonyl (C=O) groups excluding carboxylic acids is 1. The van der Waals surface area contributed by atoms with E-state index >= 15 is 0 Å². The molecule has 4 aromatic rings. The number of hydrogen-bond acceptors (Lipinski definition) is 7. The lowest BCUT2D eigenvalue weighted by atomic mass is 10.1. The molecule has 0 N–H and O–H groups in total. The van der Waals surface area contributed by atoms with Crippen molar-refractivity contribution in [2.75, 3.05) is 63.9 Å². The Kier molecular flexibility index (Phi) is 7.02. The summed E-state index contributed by atoms with van der Waals surface area (Å²) in [7, 11) is 0. The van der Waals surface area contributed by atoms with Crippen molar-refractivity contribution in [2.45, 2.75) is 19.7 Å². The van der Waals surface area contributed by atoms with E-state index in [9.17, 15) is 9.18 Å². The first-order valence-corrected chi connectivity index (χ1v) is 14.3. The van der Waals surface area contributed by atoms with Crippen molar-refractivity contribution >= 4 is 22.5 Å². The van der Waals surface area contributed by atoms with Gasteiger partial charge in [-0.1, -0.05) is 18.2 Å². The van der Waals surface area contributed by atoms with Crippen LogP contribution in [0.25, 0.3) is 16.6 Å². The number of aromatic nitrogens is 3. The number of para-hydroxylation sites is 1. The number of imidazole rings is 1. The fraction of sp³-hybridized carbons (Fsp3) is 0.387. The standard InChI is InChI=1S/C31H33FN6O3/c32-19-23-7-8-24-25(34-23)4-2-5-26(24)36-13-11-35(12-14-36)10-9-22-3-1-6-27-30(22)41-20-28-29(33-21-38(27)28)31(39)37-15-17-40-18-16-37/h1-8,21H,9-20H2. The summed E-state index contributed by atoms with van der Waals surface area (Å²) in [5, 5.41) is 1.07. The number of morpholine rings is 1. The number of ether oxygens (including phenoxy) is 2. The Hall–Kier alpha value is -4.02. The second kappa shape index (κ2) is 11.1. The lowest BCUT2D eigenvalue weighted by Crippen LogP contribution is -2.47. The molecular weight excluding hydrogens is 523 g/mol. The summed E-state index contributed by atoms with van der Waals surface area (Å²) < 4.78 is 26.8. The molecule has 0 radical (unpaired) electrons. The lowest BCUT2D eigenvalue weighted by Gasteiger charge is -2.36. The lowest BCUT2D eigenvalue weighted by molar-refractivity contribution is 0.0297. The van der Waals surface area contributed by atoms with E-state index in [1.54, 1.807) is 17.3 Å². The number of fused-ring (bicyclic) bond motifs is 4. The highest BCUT2D eigenvalue weighted by Gasteiger charge is 2.29. The molecule has 41 heavy (non-hydrogen) atoms. The second-order valence-electron chi connectivity index (χ2n) is 10.7. The van der Waals surface area contributed by atoms with Crippen LogP contribution in [0.15, 0.2) is 54.9 Å². The average Bonchev–Trinajstić information content (AvgIpc) is 3.48. The van der Waals surface area contributed by atoms with Gasteiger partial charge in [0.05, 0.1) is 35.8 Å². The third kappa shape index (κ3) is 4.91. The highest BCUT2D eigenvalue weighted by Crippen LogP contribution is 2.35. The first kappa shape index (κ1) is 25.9. The Bertz CT molecular complexity index is 1580. The van der Waals surface area contributed by atoms with Gasteiger partial charge in [0.2, 0.25) is 0 Å². The Balaban J connectivity index is 1.01. The first-order chi connectivity index (χ1) is 20.2. The van der Waals surface area contributed by atoms with Gasteiger partial charge in [-0.2, -0.15) is 0 Å². The van der Waals surface area contributed by atoms with E-state index in [-0.39, 0.29) is 5.91 Å². The molecule has 2 aromatic carbocycles. The normalized spacial score (nSPS) is 17.3. The maximum absolute atomic E-state index is 13.1. The van der Waals surface area contributed by atoms with E-state index in [2.05, 4.69) is 38.0 Å². The molecule has 0 unspecified atom stereocenters. The number of nitrogens with zero attached hydrogens (tertiary/aromatic N) is 6. The number of piperazine rings is 1. The van der Waals surface area contributed by atoms with Crippen LogP contribution in [0.5, 0.6) is 5.75 Å². The quantitative estimate of drug-likeness (QED) is 0.359. The predicted octanol–water partition coefficient (Wildman–Crippen LogP) is 3.62. The van der Waals surface area contributed by atoms with Crippen molar-refractivity contribution in [1.29, 1.82) is 0 Å². The molecular formula is C31H33FN6O3. The van der Waals surface area contributed by atoms with E-state index in [1.165, 1.54) is 0 Å². The van der Waals surface area contributed by atoms with Crippen molar-refractivity contribution in [1.82, 2.24) is 24.3 Å². The predicted molar refractivity (Wildman–Crippen MR) is 154 cm³/mol. The summed E-state index contributed by atoms with van der Waals surface area (Å²) in [6.45, 7) is 6.75. The van der Waals surface area contributed by atoms with Crippen LogP contribution in [0, 0.1) is 0 Å². The van der Waals surface area contributed by atoms with Gasteiger partial charge in [-0.05, 0) is 42.3 Å². The molecule has 2 aromatic heterocycles. The molecule has 2 fully saturated rings. The van der Waals surface area contributed by atoms with Gasteiger partial charge < -0.3 is 19.3 Å². The van der Waals surface area contributed by atoms with Gasteiger partial charge in [0.25, 0.3) is 5.91 Å². The third-order valence-corrected chi connectivity index (χ3v) is 8.37. The van der Waals surface area contributed by atoms with Gasteiger partial charge >= 0.3 is 0 Å². The molecule has 3 aliphatic heterocycles. The van der Waals surface area contributed by atoms with Crippen molar-refractivity contribution in [3.63, 3.8) is 0 Å². The molecule has 7 rings (SSSR count). The molecule has 10 heteroatoms. The van der Waals surface area contributed by atoms with Crippen molar-refractivity contribution < 1.29 is 18.7 Å². The van der Waals surface area contributed by atoms with Gasteiger partial charge in [0.1, 0.15) is 25.4 Å². The Morgan fingerprint density at radius 1 is 0.927 bits per heavy atom. The number of halogens is 1. The zero-order valence-corrected chi connectivity index (χ0v) is 23.0. The molecule has 212 valence electrons. The number of carbonyl (C=O) groups is 1. The maximum atomic E-state index is 13.1. The molecule has 0 spiro atoms. The summed E-state index contributed by atoms with van der Waals surface area (Å²) in [4.78, 5) is 28.8. The van der Waals surface area contributed by atoms with Crippen LogP contribution in [0.3, 0.4) is 0 Å². The van der Waals surface area contributed by atoms with Crippen LogP contribution < -0.4 is 9.64 Å². The number of rotatable bonds is 6. The van der Waals surface area contributed by atoms with Gasteiger partial charge in [0, 0.05) is 56.9 Å². The van der Waals surface area contributed by atoms with E-state index in [4.69, 9.17) is 9.47 Å². The molecule has 0 atom stereocenters. The SMILES string of the molecule is O=C(c1ncn2c1COc1c(CCN3CCN(c4cccc5nc(CF)ccc45)CC3)cccc1-2)N1CCOCC1. The van der Waals surface area contributed by atoms with Crippen molar-refractivity contribution in [3.05, 3.63) is 77.5 Å². The number of alkyl halides is 1. The molecule has 2 saturated heterocycles. The fourth-order valence-electron chi connectivity index (χ4n) is 6.10.